The summed E-state index contributed by atoms with van der Waals surface area (Å²) in [4.78, 5) is 29.7. The predicted molar refractivity (Wildman–Crippen MR) is 80.6 cm³/mol. The minimum atomic E-state index is -0.228. The van der Waals surface area contributed by atoms with E-state index in [-0.39, 0.29) is 17.2 Å². The maximum atomic E-state index is 11.7. The second kappa shape index (κ2) is 6.86. The van der Waals surface area contributed by atoms with Crippen molar-refractivity contribution in [3.8, 4) is 0 Å². The predicted octanol–water partition coefficient (Wildman–Crippen LogP) is 1.38. The van der Waals surface area contributed by atoms with Crippen molar-refractivity contribution in [2.24, 2.45) is 0 Å². The highest BCUT2D eigenvalue weighted by molar-refractivity contribution is 8.00. The third kappa shape index (κ3) is 4.32. The van der Waals surface area contributed by atoms with Crippen LogP contribution in [0.5, 0.6) is 0 Å². The highest BCUT2D eigenvalue weighted by Crippen LogP contribution is 2.23. The summed E-state index contributed by atoms with van der Waals surface area (Å²) in [5.41, 5.74) is 0.388. The molecule has 2 heterocycles. The lowest BCUT2D eigenvalue weighted by Gasteiger charge is -2.01. The lowest BCUT2D eigenvalue weighted by molar-refractivity contribution is -0.113. The Labute approximate surface area is 127 Å². The molecule has 2 aromatic rings. The molecule has 2 aromatic heterocycles. The largest absolute Gasteiger partial charge is 0.301 e. The lowest BCUT2D eigenvalue weighted by Crippen LogP contribution is -2.15. The molecule has 0 unspecified atom stereocenters. The van der Waals surface area contributed by atoms with Gasteiger partial charge in [0.25, 0.3) is 5.56 Å². The highest BCUT2D eigenvalue weighted by atomic mass is 32.2. The Kier molecular flexibility index (Phi) is 5.15. The molecular weight excluding hydrogens is 318 g/mol. The molecule has 0 aliphatic rings. The van der Waals surface area contributed by atoms with Crippen LogP contribution in [0.15, 0.2) is 20.4 Å². The highest BCUT2D eigenvalue weighted by Gasteiger charge is 2.09. The standard InChI is InChI=1S/C10H11N5O2S3/c1-5-3-6(16)12-8(11-5)19-4-7(17)13-9-14-15-10(18-2)20-9/h3H,4H2,1-2H3,(H,11,12,16)(H,13,14,17). The molecule has 7 nitrogen and oxygen atoms in total. The van der Waals surface area contributed by atoms with Crippen molar-refractivity contribution in [3.05, 3.63) is 22.1 Å². The Balaban J connectivity index is 1.90. The zero-order valence-electron chi connectivity index (χ0n) is 10.7. The van der Waals surface area contributed by atoms with Gasteiger partial charge in [0.15, 0.2) is 9.50 Å². The van der Waals surface area contributed by atoms with Crippen LogP contribution in [-0.2, 0) is 4.79 Å². The van der Waals surface area contributed by atoms with E-state index in [0.717, 1.165) is 16.1 Å². The zero-order valence-corrected chi connectivity index (χ0v) is 13.1. The number of hydrogen-bond acceptors (Lipinski definition) is 8. The first-order chi connectivity index (χ1) is 9.56. The summed E-state index contributed by atoms with van der Waals surface area (Å²) in [6, 6.07) is 1.40. The SMILES string of the molecule is CSc1nnc(NC(=O)CSc2nc(C)cc(=O)[nH]2)s1. The molecule has 0 radical (unpaired) electrons. The fourth-order valence-electron chi connectivity index (χ4n) is 1.25. The van der Waals surface area contributed by atoms with Gasteiger partial charge in [-0.05, 0) is 13.2 Å². The van der Waals surface area contributed by atoms with Crippen LogP contribution in [0, 0.1) is 6.92 Å². The van der Waals surface area contributed by atoms with Gasteiger partial charge in [-0.15, -0.1) is 10.2 Å². The van der Waals surface area contributed by atoms with Gasteiger partial charge in [-0.2, -0.15) is 0 Å². The maximum absolute atomic E-state index is 11.7. The minimum absolute atomic E-state index is 0.139. The van der Waals surface area contributed by atoms with E-state index in [9.17, 15) is 9.59 Å². The van der Waals surface area contributed by atoms with Crippen molar-refractivity contribution in [1.82, 2.24) is 20.2 Å². The first-order valence-electron chi connectivity index (χ1n) is 5.45. The first-order valence-corrected chi connectivity index (χ1v) is 8.47. The Morgan fingerprint density at radius 2 is 2.30 bits per heavy atom. The minimum Gasteiger partial charge on any atom is -0.301 e. The number of aryl methyl sites for hydroxylation is 1. The number of thioether (sulfide) groups is 2. The van der Waals surface area contributed by atoms with Crippen LogP contribution in [0.1, 0.15) is 5.69 Å². The average Bonchev–Trinajstić information content (AvgIpc) is 2.83. The summed E-state index contributed by atoms with van der Waals surface area (Å²) in [5.74, 6) is -0.0800. The summed E-state index contributed by atoms with van der Waals surface area (Å²) in [7, 11) is 0. The molecular formula is C10H11N5O2S3. The Hall–Kier alpha value is -1.39. The van der Waals surface area contributed by atoms with Gasteiger partial charge in [0.05, 0.1) is 5.75 Å². The van der Waals surface area contributed by atoms with E-state index >= 15 is 0 Å². The van der Waals surface area contributed by atoms with Crippen molar-refractivity contribution in [1.29, 1.82) is 0 Å². The van der Waals surface area contributed by atoms with Crippen LogP contribution in [0.25, 0.3) is 0 Å². The van der Waals surface area contributed by atoms with Crippen LogP contribution in [0.3, 0.4) is 0 Å². The molecule has 0 fully saturated rings. The fourth-order valence-corrected chi connectivity index (χ4v) is 3.16. The molecule has 106 valence electrons. The summed E-state index contributed by atoms with van der Waals surface area (Å²) in [6.45, 7) is 1.73. The monoisotopic (exact) mass is 329 g/mol. The van der Waals surface area contributed by atoms with E-state index in [1.165, 1.54) is 29.2 Å². The number of aromatic nitrogens is 4. The molecule has 20 heavy (non-hydrogen) atoms. The number of nitrogens with one attached hydrogen (secondary N) is 2. The molecule has 0 atom stereocenters. The second-order valence-corrected chi connectivity index (χ2v) is 6.60. The van der Waals surface area contributed by atoms with E-state index in [1.807, 2.05) is 6.26 Å². The smallest absolute Gasteiger partial charge is 0.251 e. The molecule has 0 saturated heterocycles. The molecule has 0 aliphatic heterocycles. The van der Waals surface area contributed by atoms with Gasteiger partial charge >= 0.3 is 0 Å². The summed E-state index contributed by atoms with van der Waals surface area (Å²) >= 11 is 3.94. The quantitative estimate of drug-likeness (QED) is 0.485. The zero-order chi connectivity index (χ0) is 14.5. The molecule has 0 spiro atoms. The third-order valence-electron chi connectivity index (χ3n) is 2.02. The van der Waals surface area contributed by atoms with E-state index < -0.39 is 0 Å². The molecule has 0 aromatic carbocycles. The molecule has 10 heteroatoms. The number of aromatic amines is 1. The molecule has 0 aliphatic carbocycles. The van der Waals surface area contributed by atoms with Crippen molar-refractivity contribution < 1.29 is 4.79 Å². The van der Waals surface area contributed by atoms with Gasteiger partial charge in [0.1, 0.15) is 0 Å². The summed E-state index contributed by atoms with van der Waals surface area (Å²) < 4.78 is 0.789. The normalized spacial score (nSPS) is 10.5. The summed E-state index contributed by atoms with van der Waals surface area (Å²) in [5, 5.41) is 11.3. The van der Waals surface area contributed by atoms with Gasteiger partial charge in [-0.25, -0.2) is 4.98 Å². The van der Waals surface area contributed by atoms with Crippen molar-refractivity contribution in [2.45, 2.75) is 16.4 Å². The number of carbonyl (C=O) groups is 1. The van der Waals surface area contributed by atoms with E-state index in [1.54, 1.807) is 6.92 Å². The Morgan fingerprint density at radius 1 is 1.50 bits per heavy atom. The molecule has 2 N–H and O–H groups in total. The van der Waals surface area contributed by atoms with E-state index in [2.05, 4.69) is 25.5 Å². The van der Waals surface area contributed by atoms with Crippen molar-refractivity contribution in [2.75, 3.05) is 17.3 Å². The van der Waals surface area contributed by atoms with Gasteiger partial charge in [-0.1, -0.05) is 34.9 Å². The van der Waals surface area contributed by atoms with Gasteiger partial charge in [0, 0.05) is 11.8 Å². The number of hydrogen-bond donors (Lipinski definition) is 2. The Morgan fingerprint density at radius 3 is 2.95 bits per heavy atom. The number of amides is 1. The van der Waals surface area contributed by atoms with Gasteiger partial charge in [-0.3, -0.25) is 14.9 Å². The van der Waals surface area contributed by atoms with E-state index in [0.29, 0.717) is 16.0 Å². The topological polar surface area (TPSA) is 101 Å². The fraction of sp³-hybridized carbons (Fsp3) is 0.300. The number of rotatable bonds is 5. The van der Waals surface area contributed by atoms with Crippen LogP contribution in [-0.4, -0.2) is 38.1 Å². The second-order valence-electron chi connectivity index (χ2n) is 3.61. The maximum Gasteiger partial charge on any atom is 0.251 e. The number of anilines is 1. The first kappa shape index (κ1) is 15.0. The van der Waals surface area contributed by atoms with Crippen LogP contribution < -0.4 is 10.9 Å². The molecule has 0 saturated carbocycles. The van der Waals surface area contributed by atoms with Gasteiger partial charge in [0.2, 0.25) is 11.0 Å². The van der Waals surface area contributed by atoms with Gasteiger partial charge < -0.3 is 4.98 Å². The summed E-state index contributed by atoms with van der Waals surface area (Å²) in [6.07, 6.45) is 1.89. The molecule has 0 bridgehead atoms. The van der Waals surface area contributed by atoms with Crippen LogP contribution >= 0.6 is 34.9 Å². The molecule has 2 rings (SSSR count). The lowest BCUT2D eigenvalue weighted by atomic mass is 10.5. The third-order valence-corrected chi connectivity index (χ3v) is 4.70. The van der Waals surface area contributed by atoms with E-state index in [4.69, 9.17) is 0 Å². The average molecular weight is 329 g/mol. The molecule has 1 amide bonds. The van der Waals surface area contributed by atoms with Crippen molar-refractivity contribution in [3.63, 3.8) is 0 Å². The number of H-pyrrole nitrogens is 1. The number of carbonyl (C=O) groups excluding carboxylic acids is 1. The Bertz CT molecular complexity index is 669. The van der Waals surface area contributed by atoms with Crippen LogP contribution in [0.4, 0.5) is 5.13 Å². The van der Waals surface area contributed by atoms with Crippen molar-refractivity contribution >= 4 is 45.9 Å². The van der Waals surface area contributed by atoms with Crippen LogP contribution in [0.2, 0.25) is 0 Å². The number of nitrogens with zero attached hydrogens (tertiary/aromatic N) is 3.